The summed E-state index contributed by atoms with van der Waals surface area (Å²) < 4.78 is 5.62. The number of hydrogen-bond acceptors (Lipinski definition) is 6. The lowest BCUT2D eigenvalue weighted by Gasteiger charge is -2.08. The van der Waals surface area contributed by atoms with Gasteiger partial charge in [0.2, 0.25) is 5.95 Å². The first-order valence-electron chi connectivity index (χ1n) is 8.01. The Kier molecular flexibility index (Phi) is 7.49. The maximum absolute atomic E-state index is 11.0. The minimum atomic E-state index is -0.556. The van der Waals surface area contributed by atoms with Crippen molar-refractivity contribution in [1.82, 2.24) is 15.3 Å². The molecule has 1 aromatic heterocycles. The molecule has 4 N–H and O–H groups in total. The molecule has 24 heavy (non-hydrogen) atoms. The number of carbonyl (C=O) groups excluding carboxylic acids is 1. The van der Waals surface area contributed by atoms with Crippen molar-refractivity contribution in [3.05, 3.63) is 48.3 Å². The van der Waals surface area contributed by atoms with Gasteiger partial charge in [0.05, 0.1) is 6.61 Å². The maximum Gasteiger partial charge on any atom is 0.267 e. The number of rotatable bonds is 11. The van der Waals surface area contributed by atoms with E-state index in [1.165, 1.54) is 12.3 Å². The fourth-order valence-electron chi connectivity index (χ4n) is 2.02. The molecular weight excluding hydrogens is 306 g/mol. The van der Waals surface area contributed by atoms with Crippen LogP contribution in [0.2, 0.25) is 0 Å². The van der Waals surface area contributed by atoms with E-state index in [4.69, 9.17) is 10.5 Å². The highest BCUT2D eigenvalue weighted by Crippen LogP contribution is 2.08. The Morgan fingerprint density at radius 3 is 2.67 bits per heavy atom. The molecule has 0 bridgehead atoms. The van der Waals surface area contributed by atoms with Gasteiger partial charge in [0, 0.05) is 12.7 Å². The first-order valence-corrected chi connectivity index (χ1v) is 8.01. The Morgan fingerprint density at radius 2 is 1.88 bits per heavy atom. The van der Waals surface area contributed by atoms with Gasteiger partial charge in [0.1, 0.15) is 11.4 Å². The van der Waals surface area contributed by atoms with Crippen molar-refractivity contribution >= 4 is 11.9 Å². The number of aromatic nitrogens is 2. The number of carbonyl (C=O) groups is 1. The number of hydrogen-bond donors (Lipinski definition) is 3. The van der Waals surface area contributed by atoms with E-state index in [9.17, 15) is 4.79 Å². The fourth-order valence-corrected chi connectivity index (χ4v) is 2.02. The summed E-state index contributed by atoms with van der Waals surface area (Å²) in [5, 5.41) is 6.42. The molecule has 0 aliphatic carbocycles. The topological polar surface area (TPSA) is 102 Å². The first-order chi connectivity index (χ1) is 11.8. The van der Waals surface area contributed by atoms with Crippen molar-refractivity contribution < 1.29 is 9.53 Å². The van der Waals surface area contributed by atoms with Crippen LogP contribution in [0.5, 0.6) is 5.75 Å². The highest BCUT2D eigenvalue weighted by molar-refractivity contribution is 5.90. The van der Waals surface area contributed by atoms with Gasteiger partial charge in [-0.3, -0.25) is 4.79 Å². The number of ether oxygens (including phenoxy) is 1. The molecule has 2 aromatic rings. The van der Waals surface area contributed by atoms with Crippen molar-refractivity contribution in [3.63, 3.8) is 0 Å². The molecule has 0 aliphatic rings. The number of nitrogens with one attached hydrogen (secondary N) is 2. The van der Waals surface area contributed by atoms with Gasteiger partial charge in [-0.15, -0.1) is 0 Å². The Morgan fingerprint density at radius 1 is 1.08 bits per heavy atom. The van der Waals surface area contributed by atoms with Crippen LogP contribution in [-0.2, 0) is 0 Å². The van der Waals surface area contributed by atoms with Gasteiger partial charge >= 0.3 is 0 Å². The van der Waals surface area contributed by atoms with Crippen LogP contribution in [-0.4, -0.2) is 42.1 Å². The molecule has 7 heteroatoms. The monoisotopic (exact) mass is 329 g/mol. The number of anilines is 1. The number of benzene rings is 1. The molecule has 0 atom stereocenters. The summed E-state index contributed by atoms with van der Waals surface area (Å²) in [5.41, 5.74) is 5.39. The maximum atomic E-state index is 11.0. The quantitative estimate of drug-likeness (QED) is 0.539. The third-order valence-electron chi connectivity index (χ3n) is 3.23. The Bertz CT molecular complexity index is 621. The van der Waals surface area contributed by atoms with Crippen LogP contribution >= 0.6 is 0 Å². The van der Waals surface area contributed by atoms with Gasteiger partial charge in [-0.05, 0) is 44.1 Å². The van der Waals surface area contributed by atoms with Crippen LogP contribution in [0.3, 0.4) is 0 Å². The summed E-state index contributed by atoms with van der Waals surface area (Å²) in [6, 6.07) is 11.3. The number of para-hydroxylation sites is 1. The van der Waals surface area contributed by atoms with E-state index in [0.717, 1.165) is 38.2 Å². The normalized spacial score (nSPS) is 10.3. The van der Waals surface area contributed by atoms with Crippen molar-refractivity contribution in [2.24, 2.45) is 5.73 Å². The van der Waals surface area contributed by atoms with Crippen molar-refractivity contribution in [2.45, 2.75) is 12.8 Å². The molecule has 1 amide bonds. The lowest BCUT2D eigenvalue weighted by molar-refractivity contribution is 0.0995. The average molecular weight is 329 g/mol. The van der Waals surface area contributed by atoms with Crippen molar-refractivity contribution in [2.75, 3.05) is 31.6 Å². The number of nitrogens with zero attached hydrogens (tertiary/aromatic N) is 2. The summed E-state index contributed by atoms with van der Waals surface area (Å²) >= 11 is 0. The summed E-state index contributed by atoms with van der Waals surface area (Å²) in [6.07, 6.45) is 3.39. The van der Waals surface area contributed by atoms with Crippen molar-refractivity contribution in [1.29, 1.82) is 0 Å². The Hall–Kier alpha value is -2.67. The Balaban J connectivity index is 1.48. The smallest absolute Gasteiger partial charge is 0.267 e. The third kappa shape index (κ3) is 6.62. The first kappa shape index (κ1) is 17.7. The lowest BCUT2D eigenvalue weighted by atomic mass is 10.3. The Labute approximate surface area is 141 Å². The SMILES string of the molecule is NC(=O)c1ccnc(NCCCNCCCOc2ccccc2)n1. The summed E-state index contributed by atoms with van der Waals surface area (Å²) in [7, 11) is 0. The molecule has 0 saturated carbocycles. The van der Waals surface area contributed by atoms with E-state index >= 15 is 0 Å². The molecule has 0 saturated heterocycles. The van der Waals surface area contributed by atoms with Gasteiger partial charge in [-0.25, -0.2) is 9.97 Å². The molecule has 0 spiro atoms. The zero-order valence-corrected chi connectivity index (χ0v) is 13.6. The van der Waals surface area contributed by atoms with E-state index in [-0.39, 0.29) is 5.69 Å². The molecule has 1 heterocycles. The molecule has 1 aromatic carbocycles. The van der Waals surface area contributed by atoms with Gasteiger partial charge < -0.3 is 21.1 Å². The van der Waals surface area contributed by atoms with E-state index in [1.807, 2.05) is 30.3 Å². The molecular formula is C17H23N5O2. The van der Waals surface area contributed by atoms with Gasteiger partial charge in [-0.1, -0.05) is 18.2 Å². The standard InChI is InChI=1S/C17H23N5O2/c18-16(23)15-8-12-21-17(22-15)20-11-4-9-19-10-5-13-24-14-6-2-1-3-7-14/h1-3,6-8,12,19H,4-5,9-11,13H2,(H2,18,23)(H,20,21,22). The summed E-state index contributed by atoms with van der Waals surface area (Å²) in [6.45, 7) is 3.20. The molecule has 7 nitrogen and oxygen atoms in total. The van der Waals surface area contributed by atoms with Crippen LogP contribution in [0.15, 0.2) is 42.6 Å². The van der Waals surface area contributed by atoms with Crippen LogP contribution in [0.4, 0.5) is 5.95 Å². The average Bonchev–Trinajstić information content (AvgIpc) is 2.61. The van der Waals surface area contributed by atoms with Crippen LogP contribution in [0.25, 0.3) is 0 Å². The minimum absolute atomic E-state index is 0.212. The second-order valence-corrected chi connectivity index (χ2v) is 5.18. The molecule has 0 unspecified atom stereocenters. The molecule has 128 valence electrons. The predicted octanol–water partition coefficient (Wildman–Crippen LogP) is 1.44. The van der Waals surface area contributed by atoms with E-state index in [1.54, 1.807) is 0 Å². The van der Waals surface area contributed by atoms with Gasteiger partial charge in [0.15, 0.2) is 0 Å². The highest BCUT2D eigenvalue weighted by atomic mass is 16.5. The molecule has 0 radical (unpaired) electrons. The van der Waals surface area contributed by atoms with Crippen LogP contribution < -0.4 is 21.1 Å². The summed E-state index contributed by atoms with van der Waals surface area (Å²) in [4.78, 5) is 19.1. The van der Waals surface area contributed by atoms with E-state index < -0.39 is 5.91 Å². The second-order valence-electron chi connectivity index (χ2n) is 5.18. The minimum Gasteiger partial charge on any atom is -0.494 e. The molecule has 0 fully saturated rings. The zero-order chi connectivity index (χ0) is 17.0. The number of primary amides is 1. The highest BCUT2D eigenvalue weighted by Gasteiger charge is 2.03. The second kappa shape index (κ2) is 10.2. The number of nitrogens with two attached hydrogens (primary N) is 1. The van der Waals surface area contributed by atoms with Crippen LogP contribution in [0.1, 0.15) is 23.3 Å². The fraction of sp³-hybridized carbons (Fsp3) is 0.353. The molecule has 0 aliphatic heterocycles. The summed E-state index contributed by atoms with van der Waals surface area (Å²) in [5.74, 6) is 0.766. The predicted molar refractivity (Wildman–Crippen MR) is 93.1 cm³/mol. The zero-order valence-electron chi connectivity index (χ0n) is 13.6. The number of amides is 1. The third-order valence-corrected chi connectivity index (χ3v) is 3.23. The van der Waals surface area contributed by atoms with Crippen LogP contribution in [0, 0.1) is 0 Å². The largest absolute Gasteiger partial charge is 0.494 e. The lowest BCUT2D eigenvalue weighted by Crippen LogP contribution is -2.21. The van der Waals surface area contributed by atoms with Crippen molar-refractivity contribution in [3.8, 4) is 5.75 Å². The molecule has 2 rings (SSSR count). The van der Waals surface area contributed by atoms with Gasteiger partial charge in [0.25, 0.3) is 5.91 Å². The van der Waals surface area contributed by atoms with E-state index in [2.05, 4.69) is 20.6 Å². The van der Waals surface area contributed by atoms with Gasteiger partial charge in [-0.2, -0.15) is 0 Å². The van der Waals surface area contributed by atoms with E-state index in [0.29, 0.717) is 12.6 Å².